The monoisotopic (exact) mass is 213 g/mol. The first-order chi connectivity index (χ1) is 7.27. The van der Waals surface area contributed by atoms with Gasteiger partial charge in [-0.25, -0.2) is 0 Å². The van der Waals surface area contributed by atoms with Crippen LogP contribution in [0.5, 0.6) is 0 Å². The Morgan fingerprint density at radius 1 is 1.20 bits per heavy atom. The van der Waals surface area contributed by atoms with Crippen LogP contribution in [-0.2, 0) is 4.74 Å². The summed E-state index contributed by atoms with van der Waals surface area (Å²) in [5.41, 5.74) is 0.573. The lowest BCUT2D eigenvalue weighted by atomic mass is 9.89. The van der Waals surface area contributed by atoms with Gasteiger partial charge in [-0.2, -0.15) is 0 Å². The summed E-state index contributed by atoms with van der Waals surface area (Å²) < 4.78 is 5.51. The maximum atomic E-state index is 5.51. The number of unbranched alkanes of at least 4 members (excludes halogenated alkanes) is 1. The van der Waals surface area contributed by atoms with Crippen LogP contribution in [0.1, 0.15) is 52.4 Å². The highest BCUT2D eigenvalue weighted by Crippen LogP contribution is 2.36. The highest BCUT2D eigenvalue weighted by molar-refractivity contribution is 4.82. The molecule has 0 amide bonds. The first-order valence-corrected chi connectivity index (χ1v) is 6.55. The Morgan fingerprint density at radius 2 is 1.93 bits per heavy atom. The fourth-order valence-electron chi connectivity index (χ4n) is 2.29. The zero-order valence-electron chi connectivity index (χ0n) is 10.5. The summed E-state index contributed by atoms with van der Waals surface area (Å²) in [6.07, 6.45) is 8.06. The second-order valence-electron chi connectivity index (χ2n) is 5.16. The molecule has 0 unspecified atom stereocenters. The van der Waals surface area contributed by atoms with Crippen molar-refractivity contribution < 1.29 is 4.74 Å². The van der Waals surface area contributed by atoms with Gasteiger partial charge in [0.05, 0.1) is 6.61 Å². The van der Waals surface area contributed by atoms with Gasteiger partial charge in [0, 0.05) is 19.7 Å². The molecule has 90 valence electrons. The maximum Gasteiger partial charge on any atom is 0.0590 e. The van der Waals surface area contributed by atoms with E-state index in [9.17, 15) is 0 Å². The molecule has 2 heteroatoms. The average molecular weight is 213 g/mol. The quantitative estimate of drug-likeness (QED) is 0.626. The van der Waals surface area contributed by atoms with Crippen LogP contribution in [0, 0.1) is 5.41 Å². The molecular formula is C13H27NO. The van der Waals surface area contributed by atoms with Gasteiger partial charge in [-0.3, -0.25) is 0 Å². The molecule has 15 heavy (non-hydrogen) atoms. The largest absolute Gasteiger partial charge is 0.380 e. The van der Waals surface area contributed by atoms with Crippen molar-refractivity contribution in [2.45, 2.75) is 52.4 Å². The maximum absolute atomic E-state index is 5.51. The van der Waals surface area contributed by atoms with Gasteiger partial charge < -0.3 is 10.1 Å². The molecule has 1 rings (SSSR count). The smallest absolute Gasteiger partial charge is 0.0590 e. The van der Waals surface area contributed by atoms with E-state index in [0.717, 1.165) is 19.8 Å². The molecule has 1 N–H and O–H groups in total. The molecule has 0 spiro atoms. The van der Waals surface area contributed by atoms with E-state index in [1.54, 1.807) is 0 Å². The Kier molecular flexibility index (Phi) is 6.26. The van der Waals surface area contributed by atoms with Crippen LogP contribution in [0.4, 0.5) is 0 Å². The van der Waals surface area contributed by atoms with Crippen molar-refractivity contribution >= 4 is 0 Å². The predicted octanol–water partition coefficient (Wildman–Crippen LogP) is 2.97. The Labute approximate surface area is 94.8 Å². The second-order valence-corrected chi connectivity index (χ2v) is 5.16. The van der Waals surface area contributed by atoms with Crippen molar-refractivity contribution in [2.24, 2.45) is 5.41 Å². The molecule has 0 radical (unpaired) electrons. The van der Waals surface area contributed by atoms with Crippen molar-refractivity contribution in [3.05, 3.63) is 0 Å². The minimum absolute atomic E-state index is 0.573. The van der Waals surface area contributed by atoms with Crippen molar-refractivity contribution in [3.8, 4) is 0 Å². The Hall–Kier alpha value is -0.0800. The summed E-state index contributed by atoms with van der Waals surface area (Å²) in [6.45, 7) is 8.59. The molecule has 0 aromatic heterocycles. The van der Waals surface area contributed by atoms with Crippen LogP contribution in [0.15, 0.2) is 0 Å². The molecular weight excluding hydrogens is 186 g/mol. The van der Waals surface area contributed by atoms with E-state index < -0.39 is 0 Å². The highest BCUT2D eigenvalue weighted by Gasteiger charge is 2.27. The van der Waals surface area contributed by atoms with E-state index in [1.807, 2.05) is 0 Å². The van der Waals surface area contributed by atoms with Crippen molar-refractivity contribution in [2.75, 3.05) is 26.3 Å². The van der Waals surface area contributed by atoms with Crippen molar-refractivity contribution in [1.82, 2.24) is 5.32 Å². The summed E-state index contributed by atoms with van der Waals surface area (Å²) >= 11 is 0. The minimum Gasteiger partial charge on any atom is -0.380 e. The van der Waals surface area contributed by atoms with Crippen LogP contribution in [0.2, 0.25) is 0 Å². The SMILES string of the molecule is CCCCOCCNCC1(C)CCCC1. The zero-order valence-corrected chi connectivity index (χ0v) is 10.5. The highest BCUT2D eigenvalue weighted by atomic mass is 16.5. The van der Waals surface area contributed by atoms with Crippen LogP contribution in [-0.4, -0.2) is 26.3 Å². The number of nitrogens with one attached hydrogen (secondary N) is 1. The van der Waals surface area contributed by atoms with Crippen LogP contribution >= 0.6 is 0 Å². The third-order valence-electron chi connectivity index (χ3n) is 3.43. The van der Waals surface area contributed by atoms with E-state index in [1.165, 1.54) is 45.1 Å². The molecule has 2 nitrogen and oxygen atoms in total. The Balaban J connectivity index is 1.88. The molecule has 0 atom stereocenters. The molecule has 1 saturated carbocycles. The van der Waals surface area contributed by atoms with Gasteiger partial charge in [-0.05, 0) is 24.7 Å². The first kappa shape index (κ1) is 13.0. The number of ether oxygens (including phenoxy) is 1. The lowest BCUT2D eigenvalue weighted by Crippen LogP contribution is -2.31. The Bertz CT molecular complexity index is 153. The molecule has 0 heterocycles. The zero-order chi connectivity index (χ0) is 11.0. The van der Waals surface area contributed by atoms with E-state index in [2.05, 4.69) is 19.2 Å². The predicted molar refractivity (Wildman–Crippen MR) is 65.2 cm³/mol. The number of rotatable bonds is 8. The average Bonchev–Trinajstić information content (AvgIpc) is 2.64. The molecule has 1 fully saturated rings. The van der Waals surface area contributed by atoms with Gasteiger partial charge in [0.2, 0.25) is 0 Å². The molecule has 0 aromatic carbocycles. The molecule has 0 aromatic rings. The van der Waals surface area contributed by atoms with Gasteiger partial charge in [-0.1, -0.05) is 33.1 Å². The molecule has 1 aliphatic rings. The molecule has 0 bridgehead atoms. The van der Waals surface area contributed by atoms with Crippen molar-refractivity contribution in [1.29, 1.82) is 0 Å². The van der Waals surface area contributed by atoms with Crippen LogP contribution in [0.25, 0.3) is 0 Å². The summed E-state index contributed by atoms with van der Waals surface area (Å²) in [7, 11) is 0. The first-order valence-electron chi connectivity index (χ1n) is 6.55. The fourth-order valence-corrected chi connectivity index (χ4v) is 2.29. The summed E-state index contributed by atoms with van der Waals surface area (Å²) in [4.78, 5) is 0. The lowest BCUT2D eigenvalue weighted by molar-refractivity contribution is 0.130. The topological polar surface area (TPSA) is 21.3 Å². The summed E-state index contributed by atoms with van der Waals surface area (Å²) in [6, 6.07) is 0. The Morgan fingerprint density at radius 3 is 2.60 bits per heavy atom. The molecule has 0 aliphatic heterocycles. The second kappa shape index (κ2) is 7.24. The lowest BCUT2D eigenvalue weighted by Gasteiger charge is -2.23. The minimum atomic E-state index is 0.573. The van der Waals surface area contributed by atoms with Gasteiger partial charge in [0.25, 0.3) is 0 Å². The van der Waals surface area contributed by atoms with Gasteiger partial charge in [0.1, 0.15) is 0 Å². The van der Waals surface area contributed by atoms with Crippen molar-refractivity contribution in [3.63, 3.8) is 0 Å². The van der Waals surface area contributed by atoms with Gasteiger partial charge in [0.15, 0.2) is 0 Å². The number of hydrogen-bond acceptors (Lipinski definition) is 2. The van der Waals surface area contributed by atoms with Gasteiger partial charge in [-0.15, -0.1) is 0 Å². The third kappa shape index (κ3) is 5.53. The van der Waals surface area contributed by atoms with Crippen LogP contribution in [0.3, 0.4) is 0 Å². The molecule has 1 aliphatic carbocycles. The van der Waals surface area contributed by atoms with E-state index in [0.29, 0.717) is 5.41 Å². The standard InChI is InChI=1S/C13H27NO/c1-3-4-10-15-11-9-14-12-13(2)7-5-6-8-13/h14H,3-12H2,1-2H3. The molecule has 0 saturated heterocycles. The summed E-state index contributed by atoms with van der Waals surface area (Å²) in [5.74, 6) is 0. The van der Waals surface area contributed by atoms with Crippen LogP contribution < -0.4 is 5.32 Å². The third-order valence-corrected chi connectivity index (χ3v) is 3.43. The fraction of sp³-hybridized carbons (Fsp3) is 1.00. The normalized spacial score (nSPS) is 19.6. The van der Waals surface area contributed by atoms with E-state index >= 15 is 0 Å². The number of hydrogen-bond donors (Lipinski definition) is 1. The summed E-state index contributed by atoms with van der Waals surface area (Å²) in [5, 5.41) is 3.52. The van der Waals surface area contributed by atoms with Gasteiger partial charge >= 0.3 is 0 Å². The van der Waals surface area contributed by atoms with E-state index in [4.69, 9.17) is 4.74 Å². The van der Waals surface area contributed by atoms with E-state index in [-0.39, 0.29) is 0 Å².